The van der Waals surface area contributed by atoms with Crippen LogP contribution in [0.15, 0.2) is 78.9 Å². The van der Waals surface area contributed by atoms with Crippen molar-refractivity contribution >= 4 is 0 Å². The van der Waals surface area contributed by atoms with Crippen LogP contribution < -0.4 is 0 Å². The molecule has 0 heterocycles. The van der Waals surface area contributed by atoms with Crippen molar-refractivity contribution in [1.29, 1.82) is 0 Å². The maximum atomic E-state index is 13.4. The van der Waals surface area contributed by atoms with E-state index in [1.165, 1.54) is 13.0 Å². The summed E-state index contributed by atoms with van der Waals surface area (Å²) in [4.78, 5) is 2.14. The van der Waals surface area contributed by atoms with Gasteiger partial charge < -0.3 is 5.11 Å². The summed E-state index contributed by atoms with van der Waals surface area (Å²) in [5, 5.41) is 9.38. The van der Waals surface area contributed by atoms with Crippen LogP contribution in [0.25, 0.3) is 0 Å². The van der Waals surface area contributed by atoms with Crippen molar-refractivity contribution in [3.8, 4) is 0 Å². The summed E-state index contributed by atoms with van der Waals surface area (Å²) in [6, 6.07) is 24.6. The van der Waals surface area contributed by atoms with Crippen molar-refractivity contribution in [2.75, 3.05) is 19.7 Å². The minimum Gasteiger partial charge on any atom is -0.396 e. The number of nitrogens with zero attached hydrogens (tertiary/aromatic N) is 1. The smallest absolute Gasteiger partial charge is 0.396 e. The molecule has 0 fully saturated rings. The fraction of sp³-hybridized carbons (Fsp3) is 0.308. The molecule has 3 aromatic rings. The van der Waals surface area contributed by atoms with Crippen molar-refractivity contribution < 1.29 is 18.3 Å². The Bertz CT molecular complexity index is 902. The molecular formula is C26H28F3NO. The Labute approximate surface area is 182 Å². The van der Waals surface area contributed by atoms with E-state index in [9.17, 15) is 18.3 Å². The monoisotopic (exact) mass is 427 g/mol. The van der Waals surface area contributed by atoms with Crippen molar-refractivity contribution in [3.05, 3.63) is 107 Å². The highest BCUT2D eigenvalue weighted by Gasteiger charge is 2.33. The minimum absolute atomic E-state index is 0.0411. The van der Waals surface area contributed by atoms with Crippen molar-refractivity contribution in [2.24, 2.45) is 0 Å². The predicted octanol–water partition coefficient (Wildman–Crippen LogP) is 6.03. The average molecular weight is 428 g/mol. The molecule has 0 unspecified atom stereocenters. The molecule has 164 valence electrons. The number of hydrogen-bond acceptors (Lipinski definition) is 2. The van der Waals surface area contributed by atoms with E-state index in [1.54, 1.807) is 6.07 Å². The molecule has 3 rings (SSSR count). The first-order chi connectivity index (χ1) is 14.9. The first-order valence-corrected chi connectivity index (χ1v) is 10.5. The summed E-state index contributed by atoms with van der Waals surface area (Å²) < 4.78 is 40.1. The number of alkyl halides is 3. The molecule has 0 saturated heterocycles. The van der Waals surface area contributed by atoms with Gasteiger partial charge in [-0.15, -0.1) is 0 Å². The first kappa shape index (κ1) is 23.0. The third-order valence-corrected chi connectivity index (χ3v) is 5.62. The second-order valence-corrected chi connectivity index (χ2v) is 7.77. The molecule has 0 saturated carbocycles. The summed E-state index contributed by atoms with van der Waals surface area (Å²) >= 11 is 0. The third kappa shape index (κ3) is 6.18. The van der Waals surface area contributed by atoms with Crippen LogP contribution >= 0.6 is 0 Å². The second kappa shape index (κ2) is 10.6. The number of halogens is 3. The SMILES string of the molecule is Cc1c(CN(CCCO)CC(c2ccccc2)c2ccccc2)cccc1C(F)(F)F. The zero-order valence-electron chi connectivity index (χ0n) is 17.6. The van der Waals surface area contributed by atoms with Crippen molar-refractivity contribution in [1.82, 2.24) is 4.90 Å². The molecule has 0 atom stereocenters. The molecule has 0 spiro atoms. The maximum absolute atomic E-state index is 13.4. The van der Waals surface area contributed by atoms with Gasteiger partial charge in [-0.1, -0.05) is 72.8 Å². The molecule has 0 radical (unpaired) electrons. The maximum Gasteiger partial charge on any atom is 0.416 e. The van der Waals surface area contributed by atoms with Crippen LogP contribution in [0.5, 0.6) is 0 Å². The summed E-state index contributed by atoms with van der Waals surface area (Å²) in [6.45, 7) is 3.21. The molecule has 0 aliphatic heterocycles. The Balaban J connectivity index is 1.91. The molecule has 0 aliphatic carbocycles. The van der Waals surface area contributed by atoms with E-state index < -0.39 is 11.7 Å². The standard InChI is InChI=1S/C26H28F3NO/c1-20-23(14-8-15-25(20)26(27,28)29)18-30(16-9-17-31)19-24(21-10-4-2-5-11-21)22-12-6-3-7-13-22/h2-8,10-15,24,31H,9,16-19H2,1H3. The van der Waals surface area contributed by atoms with Gasteiger partial charge in [0.1, 0.15) is 0 Å². The van der Waals surface area contributed by atoms with Crippen LogP contribution in [0, 0.1) is 6.92 Å². The molecule has 0 aromatic heterocycles. The van der Waals surface area contributed by atoms with Crippen LogP contribution in [-0.4, -0.2) is 29.7 Å². The van der Waals surface area contributed by atoms with E-state index in [0.717, 1.165) is 17.2 Å². The zero-order valence-corrected chi connectivity index (χ0v) is 17.6. The van der Waals surface area contributed by atoms with Gasteiger partial charge in [-0.2, -0.15) is 13.2 Å². The average Bonchev–Trinajstić information content (AvgIpc) is 2.77. The lowest BCUT2D eigenvalue weighted by atomic mass is 9.90. The lowest BCUT2D eigenvalue weighted by molar-refractivity contribution is -0.138. The van der Waals surface area contributed by atoms with Gasteiger partial charge in [0.2, 0.25) is 0 Å². The third-order valence-electron chi connectivity index (χ3n) is 5.62. The minimum atomic E-state index is -4.37. The molecule has 1 N–H and O–H groups in total. The molecule has 2 nitrogen and oxygen atoms in total. The fourth-order valence-corrected chi connectivity index (χ4v) is 3.96. The molecule has 0 aliphatic rings. The normalized spacial score (nSPS) is 12.0. The lowest BCUT2D eigenvalue weighted by Gasteiger charge is -2.29. The van der Waals surface area contributed by atoms with Gasteiger partial charge in [-0.05, 0) is 41.7 Å². The summed E-state index contributed by atoms with van der Waals surface area (Å²) in [6.07, 6.45) is -3.80. The summed E-state index contributed by atoms with van der Waals surface area (Å²) in [5.74, 6) is 0.0761. The van der Waals surface area contributed by atoms with Crippen LogP contribution in [0.4, 0.5) is 13.2 Å². The Kier molecular flexibility index (Phi) is 7.88. The molecular weight excluding hydrogens is 399 g/mol. The Hall–Kier alpha value is -2.63. The van der Waals surface area contributed by atoms with E-state index in [4.69, 9.17) is 0 Å². The van der Waals surface area contributed by atoms with Gasteiger partial charge in [0.15, 0.2) is 0 Å². The molecule has 0 amide bonds. The zero-order chi connectivity index (χ0) is 22.3. The van der Waals surface area contributed by atoms with Crippen molar-refractivity contribution in [2.45, 2.75) is 32.0 Å². The quantitative estimate of drug-likeness (QED) is 0.451. The van der Waals surface area contributed by atoms with Crippen molar-refractivity contribution in [3.63, 3.8) is 0 Å². The Morgan fingerprint density at radius 2 is 1.42 bits per heavy atom. The predicted molar refractivity (Wildman–Crippen MR) is 118 cm³/mol. The van der Waals surface area contributed by atoms with Gasteiger partial charge in [-0.25, -0.2) is 0 Å². The number of hydrogen-bond donors (Lipinski definition) is 1. The van der Waals surface area contributed by atoms with Gasteiger partial charge in [-0.3, -0.25) is 4.90 Å². The molecule has 31 heavy (non-hydrogen) atoms. The molecule has 3 aromatic carbocycles. The second-order valence-electron chi connectivity index (χ2n) is 7.77. The number of aliphatic hydroxyl groups excluding tert-OH is 1. The van der Waals surface area contributed by atoms with E-state index >= 15 is 0 Å². The molecule has 5 heteroatoms. The van der Waals surface area contributed by atoms with E-state index in [2.05, 4.69) is 29.2 Å². The highest BCUT2D eigenvalue weighted by atomic mass is 19.4. The highest BCUT2D eigenvalue weighted by molar-refractivity contribution is 5.36. The Morgan fingerprint density at radius 3 is 1.94 bits per heavy atom. The number of aliphatic hydroxyl groups is 1. The van der Waals surface area contributed by atoms with E-state index in [0.29, 0.717) is 31.6 Å². The first-order valence-electron chi connectivity index (χ1n) is 10.5. The van der Waals surface area contributed by atoms with Gasteiger partial charge in [0.05, 0.1) is 5.56 Å². The highest BCUT2D eigenvalue weighted by Crippen LogP contribution is 2.33. The van der Waals surface area contributed by atoms with Gasteiger partial charge in [0, 0.05) is 32.2 Å². The van der Waals surface area contributed by atoms with Crippen LogP contribution in [0.3, 0.4) is 0 Å². The largest absolute Gasteiger partial charge is 0.416 e. The van der Waals surface area contributed by atoms with Crippen LogP contribution in [0.2, 0.25) is 0 Å². The number of rotatable bonds is 9. The van der Waals surface area contributed by atoms with Crippen LogP contribution in [-0.2, 0) is 12.7 Å². The topological polar surface area (TPSA) is 23.5 Å². The van der Waals surface area contributed by atoms with E-state index in [1.807, 2.05) is 36.4 Å². The Morgan fingerprint density at radius 1 is 0.839 bits per heavy atom. The van der Waals surface area contributed by atoms with Gasteiger partial charge >= 0.3 is 6.18 Å². The van der Waals surface area contributed by atoms with E-state index in [-0.39, 0.29) is 18.1 Å². The summed E-state index contributed by atoms with van der Waals surface area (Å²) in [7, 11) is 0. The number of benzene rings is 3. The summed E-state index contributed by atoms with van der Waals surface area (Å²) in [5.41, 5.74) is 2.65. The lowest BCUT2D eigenvalue weighted by Crippen LogP contribution is -2.31. The molecule has 0 bridgehead atoms. The fourth-order valence-electron chi connectivity index (χ4n) is 3.96. The van der Waals surface area contributed by atoms with Gasteiger partial charge in [0.25, 0.3) is 0 Å². The van der Waals surface area contributed by atoms with Crippen LogP contribution in [0.1, 0.15) is 40.2 Å².